The molecule has 5 heteroatoms. The van der Waals surface area contributed by atoms with Crippen LogP contribution in [0.5, 0.6) is 0 Å². The predicted molar refractivity (Wildman–Crippen MR) is 64.5 cm³/mol. The van der Waals surface area contributed by atoms with Crippen molar-refractivity contribution in [2.45, 2.75) is 18.9 Å². The molecule has 0 spiro atoms. The van der Waals surface area contributed by atoms with Crippen LogP contribution in [-0.4, -0.2) is 6.54 Å². The third kappa shape index (κ3) is 4.42. The Morgan fingerprint density at radius 1 is 1.46 bits per heavy atom. The van der Waals surface area contributed by atoms with Crippen LogP contribution in [0.4, 0.5) is 0 Å². The summed E-state index contributed by atoms with van der Waals surface area (Å²) < 4.78 is 1.14. The maximum absolute atomic E-state index is 5.93. The highest BCUT2D eigenvalue weighted by atomic mass is 79.9. The average Bonchev–Trinajstić information content (AvgIpc) is 2.47. The van der Waals surface area contributed by atoms with Gasteiger partial charge >= 0.3 is 0 Å². The van der Waals surface area contributed by atoms with Crippen LogP contribution < -0.4 is 11.5 Å². The Balaban J connectivity index is 0.00000144. The Hall–Kier alpha value is 0.390. The lowest BCUT2D eigenvalue weighted by Crippen LogP contribution is -2.10. The highest BCUT2D eigenvalue weighted by Crippen LogP contribution is 2.27. The van der Waals surface area contributed by atoms with Crippen molar-refractivity contribution in [2.24, 2.45) is 11.5 Å². The molecular weight excluding hydrogens is 272 g/mol. The number of halogens is 2. The van der Waals surface area contributed by atoms with E-state index in [9.17, 15) is 0 Å². The zero-order valence-electron chi connectivity index (χ0n) is 7.20. The van der Waals surface area contributed by atoms with Gasteiger partial charge in [-0.3, -0.25) is 0 Å². The standard InChI is InChI=1S/C8H13BrN2S.ClH/c9-8-4-3-7(12-8)6(11)2-1-5-10;/h3-4,6H,1-2,5,10-11H2;1H/t6-;/m1./s1. The largest absolute Gasteiger partial charge is 0.330 e. The van der Waals surface area contributed by atoms with Gasteiger partial charge in [0.2, 0.25) is 0 Å². The van der Waals surface area contributed by atoms with Gasteiger partial charge in [-0.25, -0.2) is 0 Å². The van der Waals surface area contributed by atoms with E-state index in [0.29, 0.717) is 0 Å². The second-order valence-electron chi connectivity index (χ2n) is 2.68. The van der Waals surface area contributed by atoms with Crippen LogP contribution in [0.25, 0.3) is 0 Å². The van der Waals surface area contributed by atoms with Crippen LogP contribution >= 0.6 is 39.7 Å². The molecule has 0 saturated heterocycles. The minimum Gasteiger partial charge on any atom is -0.330 e. The molecule has 13 heavy (non-hydrogen) atoms. The first kappa shape index (κ1) is 13.4. The fourth-order valence-electron chi connectivity index (χ4n) is 1.01. The maximum atomic E-state index is 5.93. The molecule has 1 aromatic heterocycles. The minimum atomic E-state index is 0. The van der Waals surface area contributed by atoms with Gasteiger partial charge in [-0.05, 0) is 47.4 Å². The van der Waals surface area contributed by atoms with E-state index in [1.54, 1.807) is 11.3 Å². The van der Waals surface area contributed by atoms with Crippen LogP contribution in [0.2, 0.25) is 0 Å². The van der Waals surface area contributed by atoms with Crippen LogP contribution in [0.1, 0.15) is 23.8 Å². The first-order valence-electron chi connectivity index (χ1n) is 3.95. The third-order valence-corrected chi connectivity index (χ3v) is 3.43. The SMILES string of the molecule is Cl.NCCC[C@@H](N)c1ccc(Br)s1. The van der Waals surface area contributed by atoms with Gasteiger partial charge < -0.3 is 11.5 Å². The molecule has 1 rings (SSSR count). The van der Waals surface area contributed by atoms with E-state index in [1.807, 2.05) is 6.07 Å². The molecule has 2 nitrogen and oxygen atoms in total. The van der Waals surface area contributed by atoms with E-state index in [2.05, 4.69) is 22.0 Å². The summed E-state index contributed by atoms with van der Waals surface area (Å²) in [6.07, 6.45) is 1.97. The highest BCUT2D eigenvalue weighted by molar-refractivity contribution is 9.11. The van der Waals surface area contributed by atoms with Crippen molar-refractivity contribution in [1.82, 2.24) is 0 Å². The fraction of sp³-hybridized carbons (Fsp3) is 0.500. The lowest BCUT2D eigenvalue weighted by atomic mass is 10.1. The zero-order chi connectivity index (χ0) is 8.97. The van der Waals surface area contributed by atoms with Crippen molar-refractivity contribution in [2.75, 3.05) is 6.54 Å². The molecule has 0 bridgehead atoms. The molecule has 0 radical (unpaired) electrons. The number of thiophene rings is 1. The van der Waals surface area contributed by atoms with Crippen LogP contribution in [-0.2, 0) is 0 Å². The number of hydrogen-bond donors (Lipinski definition) is 2. The molecule has 0 saturated carbocycles. The van der Waals surface area contributed by atoms with E-state index < -0.39 is 0 Å². The summed E-state index contributed by atoms with van der Waals surface area (Å²) >= 11 is 5.10. The first-order chi connectivity index (χ1) is 5.74. The molecule has 1 aromatic rings. The maximum Gasteiger partial charge on any atom is 0.0701 e. The first-order valence-corrected chi connectivity index (χ1v) is 5.56. The van der Waals surface area contributed by atoms with Gasteiger partial charge in [0.25, 0.3) is 0 Å². The smallest absolute Gasteiger partial charge is 0.0701 e. The Morgan fingerprint density at radius 2 is 2.15 bits per heavy atom. The van der Waals surface area contributed by atoms with Crippen molar-refractivity contribution in [3.8, 4) is 0 Å². The summed E-state index contributed by atoms with van der Waals surface area (Å²) in [6, 6.07) is 4.25. The highest BCUT2D eigenvalue weighted by Gasteiger charge is 2.07. The molecule has 0 unspecified atom stereocenters. The van der Waals surface area contributed by atoms with Gasteiger partial charge in [-0.1, -0.05) is 0 Å². The molecule has 0 aromatic carbocycles. The minimum absolute atomic E-state index is 0. The molecule has 1 atom stereocenters. The van der Waals surface area contributed by atoms with Crippen molar-refractivity contribution >= 4 is 39.7 Å². The van der Waals surface area contributed by atoms with Gasteiger partial charge in [-0.2, -0.15) is 0 Å². The number of nitrogens with two attached hydrogens (primary N) is 2. The summed E-state index contributed by atoms with van der Waals surface area (Å²) in [5.74, 6) is 0. The topological polar surface area (TPSA) is 52.0 Å². The van der Waals surface area contributed by atoms with Crippen LogP contribution in [0.3, 0.4) is 0 Å². The lowest BCUT2D eigenvalue weighted by Gasteiger charge is -2.07. The van der Waals surface area contributed by atoms with Gasteiger partial charge in [0.15, 0.2) is 0 Å². The van der Waals surface area contributed by atoms with Gasteiger partial charge in [0, 0.05) is 10.9 Å². The van der Waals surface area contributed by atoms with Gasteiger partial charge in [0.1, 0.15) is 0 Å². The second-order valence-corrected chi connectivity index (χ2v) is 5.17. The molecule has 76 valence electrons. The molecule has 0 fully saturated rings. The fourth-order valence-corrected chi connectivity index (χ4v) is 2.47. The van der Waals surface area contributed by atoms with Crippen molar-refractivity contribution in [3.05, 3.63) is 20.8 Å². The summed E-state index contributed by atoms with van der Waals surface area (Å²) in [7, 11) is 0. The van der Waals surface area contributed by atoms with Gasteiger partial charge in [0.05, 0.1) is 3.79 Å². The molecular formula is C8H14BrClN2S. The van der Waals surface area contributed by atoms with Crippen molar-refractivity contribution in [3.63, 3.8) is 0 Å². The number of hydrogen-bond acceptors (Lipinski definition) is 3. The van der Waals surface area contributed by atoms with E-state index >= 15 is 0 Å². The summed E-state index contributed by atoms with van der Waals surface area (Å²) in [5, 5.41) is 0. The van der Waals surface area contributed by atoms with Crippen molar-refractivity contribution < 1.29 is 0 Å². The van der Waals surface area contributed by atoms with E-state index in [1.165, 1.54) is 4.88 Å². The van der Waals surface area contributed by atoms with Crippen LogP contribution in [0.15, 0.2) is 15.9 Å². The second kappa shape index (κ2) is 6.79. The Kier molecular flexibility index (Phi) is 6.99. The van der Waals surface area contributed by atoms with E-state index in [0.717, 1.165) is 23.2 Å². The zero-order valence-corrected chi connectivity index (χ0v) is 10.4. The molecule has 0 aliphatic heterocycles. The summed E-state index contributed by atoms with van der Waals surface area (Å²) in [5.41, 5.74) is 11.3. The van der Waals surface area contributed by atoms with Crippen molar-refractivity contribution in [1.29, 1.82) is 0 Å². The molecule has 4 N–H and O–H groups in total. The number of rotatable bonds is 4. The monoisotopic (exact) mass is 284 g/mol. The average molecular weight is 286 g/mol. The molecule has 1 heterocycles. The quantitative estimate of drug-likeness (QED) is 0.893. The Bertz CT molecular complexity index is 242. The Labute approximate surface area is 97.2 Å². The summed E-state index contributed by atoms with van der Waals surface area (Å²) in [6.45, 7) is 0.722. The van der Waals surface area contributed by atoms with Crippen LogP contribution in [0, 0.1) is 0 Å². The van der Waals surface area contributed by atoms with Gasteiger partial charge in [-0.15, -0.1) is 23.7 Å². The molecule has 0 amide bonds. The lowest BCUT2D eigenvalue weighted by molar-refractivity contribution is 0.626. The third-order valence-electron chi connectivity index (χ3n) is 1.68. The van der Waals surface area contributed by atoms with E-state index in [4.69, 9.17) is 11.5 Å². The predicted octanol–water partition coefficient (Wildman–Crippen LogP) is 2.67. The van der Waals surface area contributed by atoms with E-state index in [-0.39, 0.29) is 18.4 Å². The molecule has 0 aliphatic rings. The molecule has 0 aliphatic carbocycles. The normalized spacial score (nSPS) is 12.2. The summed E-state index contributed by atoms with van der Waals surface area (Å²) in [4.78, 5) is 1.23. The Morgan fingerprint density at radius 3 is 2.62 bits per heavy atom.